The lowest BCUT2D eigenvalue weighted by Gasteiger charge is -2.22. The molecule has 1 aromatic carbocycles. The van der Waals surface area contributed by atoms with Gasteiger partial charge in [-0.2, -0.15) is 0 Å². The third-order valence-corrected chi connectivity index (χ3v) is 4.17. The van der Waals surface area contributed by atoms with E-state index in [1.807, 2.05) is 47.5 Å². The number of hydrogen-bond acceptors (Lipinski definition) is 3. The summed E-state index contributed by atoms with van der Waals surface area (Å²) in [7, 11) is 1.66. The molecule has 4 nitrogen and oxygen atoms in total. The second-order valence-corrected chi connectivity index (χ2v) is 5.96. The molecule has 0 aliphatic heterocycles. The van der Waals surface area contributed by atoms with Gasteiger partial charge in [-0.05, 0) is 48.6 Å². The molecule has 1 heterocycles. The molecule has 120 valence electrons. The van der Waals surface area contributed by atoms with Crippen molar-refractivity contribution in [2.45, 2.75) is 38.3 Å². The molecule has 4 heteroatoms. The maximum absolute atomic E-state index is 12.6. The summed E-state index contributed by atoms with van der Waals surface area (Å²) >= 11 is 0. The number of pyridine rings is 1. The van der Waals surface area contributed by atoms with Crippen molar-refractivity contribution in [2.75, 3.05) is 7.11 Å². The zero-order chi connectivity index (χ0) is 16.1. The fraction of sp³-hybridized carbons (Fsp3) is 0.368. The van der Waals surface area contributed by atoms with Crippen LogP contribution in [0.1, 0.15) is 30.4 Å². The summed E-state index contributed by atoms with van der Waals surface area (Å²) in [4.78, 5) is 18.8. The molecule has 0 bridgehead atoms. The van der Waals surface area contributed by atoms with Crippen LogP contribution in [0.5, 0.6) is 5.75 Å². The number of hydrogen-bond donors (Lipinski definition) is 0. The van der Waals surface area contributed by atoms with Crippen LogP contribution < -0.4 is 4.74 Å². The van der Waals surface area contributed by atoms with E-state index in [0.717, 1.165) is 36.1 Å². The molecular weight excluding hydrogens is 288 g/mol. The van der Waals surface area contributed by atoms with E-state index in [9.17, 15) is 4.79 Å². The number of methoxy groups -OCH3 is 1. The first kappa shape index (κ1) is 15.5. The van der Waals surface area contributed by atoms with Gasteiger partial charge in [0, 0.05) is 31.4 Å². The minimum absolute atomic E-state index is 0.229. The van der Waals surface area contributed by atoms with E-state index in [4.69, 9.17) is 4.74 Å². The van der Waals surface area contributed by atoms with Crippen LogP contribution in [0.4, 0.5) is 0 Å². The molecule has 1 saturated carbocycles. The van der Waals surface area contributed by atoms with Crippen LogP contribution in [0.2, 0.25) is 0 Å². The van der Waals surface area contributed by atoms with Crippen LogP contribution in [0.25, 0.3) is 0 Å². The number of benzene rings is 1. The summed E-state index contributed by atoms with van der Waals surface area (Å²) in [6, 6.07) is 12.3. The number of amides is 1. The highest BCUT2D eigenvalue weighted by molar-refractivity contribution is 5.77. The molecule has 23 heavy (non-hydrogen) atoms. The molecule has 0 saturated heterocycles. The molecular formula is C19H22N2O2. The molecule has 0 N–H and O–H groups in total. The second kappa shape index (κ2) is 7.27. The Kier molecular flexibility index (Phi) is 4.91. The molecule has 1 aliphatic rings. The highest BCUT2D eigenvalue weighted by Gasteiger charge is 2.32. The molecule has 0 radical (unpaired) electrons. The molecule has 1 aliphatic carbocycles. The molecule has 0 unspecified atom stereocenters. The van der Waals surface area contributed by atoms with Gasteiger partial charge in [0.05, 0.1) is 7.11 Å². The second-order valence-electron chi connectivity index (χ2n) is 5.96. The Labute approximate surface area is 137 Å². The molecule has 3 rings (SSSR count). The molecule has 1 amide bonds. The van der Waals surface area contributed by atoms with Crippen LogP contribution in [0.3, 0.4) is 0 Å². The smallest absolute Gasteiger partial charge is 0.223 e. The first-order chi connectivity index (χ1) is 11.3. The van der Waals surface area contributed by atoms with Crippen molar-refractivity contribution in [2.24, 2.45) is 0 Å². The monoisotopic (exact) mass is 310 g/mol. The van der Waals surface area contributed by atoms with Gasteiger partial charge in [0.1, 0.15) is 5.75 Å². The fourth-order valence-corrected chi connectivity index (χ4v) is 2.68. The Morgan fingerprint density at radius 1 is 1.22 bits per heavy atom. The Morgan fingerprint density at radius 2 is 2.00 bits per heavy atom. The number of nitrogens with zero attached hydrogens (tertiary/aromatic N) is 2. The van der Waals surface area contributed by atoms with Crippen molar-refractivity contribution in [1.29, 1.82) is 0 Å². The largest absolute Gasteiger partial charge is 0.497 e. The number of rotatable bonds is 7. The van der Waals surface area contributed by atoms with Gasteiger partial charge in [-0.3, -0.25) is 9.78 Å². The highest BCUT2D eigenvalue weighted by Crippen LogP contribution is 2.29. The molecule has 0 spiro atoms. The third-order valence-electron chi connectivity index (χ3n) is 4.17. The summed E-state index contributed by atoms with van der Waals surface area (Å²) in [6.45, 7) is 0.667. The van der Waals surface area contributed by atoms with Crippen LogP contribution in [-0.4, -0.2) is 28.9 Å². The average Bonchev–Trinajstić information content (AvgIpc) is 3.44. The number of carbonyl (C=O) groups excluding carboxylic acids is 1. The number of ether oxygens (including phenoxy) is 1. The maximum atomic E-state index is 12.6. The van der Waals surface area contributed by atoms with Crippen LogP contribution in [0.15, 0.2) is 48.8 Å². The zero-order valence-electron chi connectivity index (χ0n) is 13.4. The van der Waals surface area contributed by atoms with E-state index < -0.39 is 0 Å². The van der Waals surface area contributed by atoms with Crippen LogP contribution in [0, 0.1) is 0 Å². The van der Waals surface area contributed by atoms with Gasteiger partial charge in [0.15, 0.2) is 0 Å². The minimum Gasteiger partial charge on any atom is -0.497 e. The van der Waals surface area contributed by atoms with Gasteiger partial charge < -0.3 is 9.64 Å². The predicted molar refractivity (Wildman–Crippen MR) is 89.1 cm³/mol. The van der Waals surface area contributed by atoms with Crippen molar-refractivity contribution in [1.82, 2.24) is 9.88 Å². The molecule has 2 aromatic rings. The molecule has 0 atom stereocenters. The van der Waals surface area contributed by atoms with Crippen molar-refractivity contribution in [3.63, 3.8) is 0 Å². The zero-order valence-corrected chi connectivity index (χ0v) is 13.4. The van der Waals surface area contributed by atoms with Crippen LogP contribution >= 0.6 is 0 Å². The Balaban J connectivity index is 1.58. The normalized spacial score (nSPS) is 13.6. The topological polar surface area (TPSA) is 42.4 Å². The van der Waals surface area contributed by atoms with Crippen molar-refractivity contribution >= 4 is 5.91 Å². The van der Waals surface area contributed by atoms with Crippen molar-refractivity contribution in [3.05, 3.63) is 59.9 Å². The van der Waals surface area contributed by atoms with Gasteiger partial charge >= 0.3 is 0 Å². The van der Waals surface area contributed by atoms with E-state index >= 15 is 0 Å². The Hall–Kier alpha value is -2.36. The highest BCUT2D eigenvalue weighted by atomic mass is 16.5. The van der Waals surface area contributed by atoms with E-state index in [2.05, 4.69) is 4.98 Å². The summed E-state index contributed by atoms with van der Waals surface area (Å²) < 4.78 is 5.16. The van der Waals surface area contributed by atoms with Gasteiger partial charge in [0.25, 0.3) is 0 Å². The summed E-state index contributed by atoms with van der Waals surface area (Å²) in [5.74, 6) is 1.07. The third kappa shape index (κ3) is 4.31. The Bertz CT molecular complexity index is 636. The first-order valence-corrected chi connectivity index (χ1v) is 8.07. The maximum Gasteiger partial charge on any atom is 0.223 e. The minimum atomic E-state index is 0.229. The van der Waals surface area contributed by atoms with E-state index in [-0.39, 0.29) is 5.91 Å². The van der Waals surface area contributed by atoms with Gasteiger partial charge in [-0.15, -0.1) is 0 Å². The first-order valence-electron chi connectivity index (χ1n) is 8.07. The number of aromatic nitrogens is 1. The van der Waals surface area contributed by atoms with E-state index in [1.165, 1.54) is 0 Å². The Morgan fingerprint density at radius 3 is 2.61 bits per heavy atom. The molecule has 1 fully saturated rings. The van der Waals surface area contributed by atoms with Crippen LogP contribution in [-0.2, 0) is 17.8 Å². The fourth-order valence-electron chi connectivity index (χ4n) is 2.68. The predicted octanol–water partition coefficient (Wildman–Crippen LogP) is 3.21. The number of carbonyl (C=O) groups is 1. The summed E-state index contributed by atoms with van der Waals surface area (Å²) in [6.07, 6.45) is 7.15. The number of aryl methyl sites for hydroxylation is 1. The lowest BCUT2D eigenvalue weighted by Crippen LogP contribution is -2.32. The summed E-state index contributed by atoms with van der Waals surface area (Å²) in [5, 5.41) is 0. The quantitative estimate of drug-likeness (QED) is 0.788. The van der Waals surface area contributed by atoms with Crippen molar-refractivity contribution in [3.8, 4) is 5.75 Å². The molecule has 1 aromatic heterocycles. The van der Waals surface area contributed by atoms with Crippen molar-refractivity contribution < 1.29 is 9.53 Å². The lowest BCUT2D eigenvalue weighted by molar-refractivity contribution is -0.132. The van der Waals surface area contributed by atoms with Gasteiger partial charge in [-0.1, -0.05) is 18.2 Å². The average molecular weight is 310 g/mol. The van der Waals surface area contributed by atoms with Gasteiger partial charge in [0.2, 0.25) is 5.91 Å². The standard InChI is InChI=1S/C19H22N2O2/c1-23-18-9-4-15(5-10-18)6-11-19(22)21(17-7-8-17)14-16-3-2-12-20-13-16/h2-5,9-10,12-13,17H,6-8,11,14H2,1H3. The SMILES string of the molecule is COc1ccc(CCC(=O)N(Cc2cccnc2)C2CC2)cc1. The lowest BCUT2D eigenvalue weighted by atomic mass is 10.1. The van der Waals surface area contributed by atoms with E-state index in [0.29, 0.717) is 19.0 Å². The van der Waals surface area contributed by atoms with E-state index in [1.54, 1.807) is 13.3 Å². The van der Waals surface area contributed by atoms with Gasteiger partial charge in [-0.25, -0.2) is 0 Å². The summed E-state index contributed by atoms with van der Waals surface area (Å²) in [5.41, 5.74) is 2.26.